The van der Waals surface area contributed by atoms with E-state index in [2.05, 4.69) is 17.1 Å². The molecule has 2 rings (SSSR count). The van der Waals surface area contributed by atoms with Crippen molar-refractivity contribution in [1.29, 1.82) is 0 Å². The average molecular weight is 301 g/mol. The van der Waals surface area contributed by atoms with Crippen LogP contribution in [0, 0.1) is 0 Å². The summed E-state index contributed by atoms with van der Waals surface area (Å²) >= 11 is 1.81. The van der Waals surface area contributed by atoms with Gasteiger partial charge < -0.3 is 9.47 Å². The molecule has 0 unspecified atom stereocenters. The van der Waals surface area contributed by atoms with Crippen LogP contribution in [-0.2, 0) is 0 Å². The molecule has 2 aromatic carbocycles. The Kier molecular flexibility index (Phi) is 6.16. The van der Waals surface area contributed by atoms with Gasteiger partial charge >= 0.3 is 0 Å². The van der Waals surface area contributed by atoms with Crippen molar-refractivity contribution < 1.29 is 9.47 Å². The van der Waals surface area contributed by atoms with Crippen molar-refractivity contribution in [2.45, 2.75) is 4.90 Å². The quantitative estimate of drug-likeness (QED) is 0.441. The van der Waals surface area contributed by atoms with Gasteiger partial charge in [0.2, 0.25) is 0 Å². The minimum Gasteiger partial charge on any atom is -0.497 e. The van der Waals surface area contributed by atoms with Crippen LogP contribution >= 0.6 is 11.8 Å². The van der Waals surface area contributed by atoms with Crippen LogP contribution in [0.25, 0.3) is 0 Å². The van der Waals surface area contributed by atoms with E-state index in [9.17, 15) is 0 Å². The second kappa shape index (κ2) is 8.37. The second-order valence-electron chi connectivity index (χ2n) is 4.30. The summed E-state index contributed by atoms with van der Waals surface area (Å²) < 4.78 is 10.5. The third-order valence-electron chi connectivity index (χ3n) is 2.90. The van der Waals surface area contributed by atoms with Gasteiger partial charge in [-0.1, -0.05) is 18.2 Å². The van der Waals surface area contributed by atoms with Crippen LogP contribution in [0.2, 0.25) is 0 Å². The molecule has 0 radical (unpaired) electrons. The van der Waals surface area contributed by atoms with Gasteiger partial charge in [-0.05, 0) is 24.3 Å². The second-order valence-corrected chi connectivity index (χ2v) is 5.47. The molecule has 0 aromatic heterocycles. The molecule has 0 aliphatic heterocycles. The molecule has 3 nitrogen and oxygen atoms in total. The van der Waals surface area contributed by atoms with Crippen molar-refractivity contribution in [3.05, 3.63) is 54.1 Å². The molecule has 0 heterocycles. The molecular formula is C17H19NO2S. The summed E-state index contributed by atoms with van der Waals surface area (Å²) in [6.07, 6.45) is 1.85. The Hall–Kier alpha value is -1.94. The van der Waals surface area contributed by atoms with Crippen LogP contribution in [0.4, 0.5) is 0 Å². The number of benzene rings is 2. The highest BCUT2D eigenvalue weighted by Gasteiger charge is 2.02. The van der Waals surface area contributed by atoms with E-state index in [0.717, 1.165) is 29.4 Å². The molecule has 0 saturated heterocycles. The van der Waals surface area contributed by atoms with Gasteiger partial charge in [0.25, 0.3) is 0 Å². The first-order valence-electron chi connectivity index (χ1n) is 6.73. The first kappa shape index (κ1) is 15.4. The third kappa shape index (κ3) is 4.83. The largest absolute Gasteiger partial charge is 0.497 e. The summed E-state index contributed by atoms with van der Waals surface area (Å²) in [5, 5.41) is 0. The van der Waals surface area contributed by atoms with Crippen molar-refractivity contribution in [1.82, 2.24) is 0 Å². The lowest BCUT2D eigenvalue weighted by molar-refractivity contribution is 0.394. The number of aliphatic imine (C=N–C) groups is 1. The molecule has 0 atom stereocenters. The fourth-order valence-electron chi connectivity index (χ4n) is 1.82. The lowest BCUT2D eigenvalue weighted by atomic mass is 10.2. The molecule has 0 bridgehead atoms. The van der Waals surface area contributed by atoms with E-state index in [1.54, 1.807) is 26.0 Å². The highest BCUT2D eigenvalue weighted by Crippen LogP contribution is 2.23. The number of rotatable bonds is 7. The van der Waals surface area contributed by atoms with E-state index in [1.165, 1.54) is 4.90 Å². The maximum atomic E-state index is 5.34. The molecule has 4 heteroatoms. The van der Waals surface area contributed by atoms with Gasteiger partial charge in [-0.15, -0.1) is 11.8 Å². The lowest BCUT2D eigenvalue weighted by Gasteiger charge is -2.06. The van der Waals surface area contributed by atoms with E-state index >= 15 is 0 Å². The van der Waals surface area contributed by atoms with Crippen LogP contribution < -0.4 is 9.47 Å². The lowest BCUT2D eigenvalue weighted by Crippen LogP contribution is -1.94. The molecule has 0 amide bonds. The summed E-state index contributed by atoms with van der Waals surface area (Å²) in [4.78, 5) is 5.73. The van der Waals surface area contributed by atoms with Crippen molar-refractivity contribution in [3.63, 3.8) is 0 Å². The molecule has 0 aliphatic rings. The predicted octanol–water partition coefficient (Wildman–Crippen LogP) is 3.92. The summed E-state index contributed by atoms with van der Waals surface area (Å²) in [5.74, 6) is 2.51. The molecule has 0 spiro atoms. The molecule has 2 aromatic rings. The highest BCUT2D eigenvalue weighted by atomic mass is 32.2. The van der Waals surface area contributed by atoms with Gasteiger partial charge in [-0.2, -0.15) is 0 Å². The Balaban J connectivity index is 1.86. The molecule has 0 N–H and O–H groups in total. The molecule has 110 valence electrons. The average Bonchev–Trinajstić information content (AvgIpc) is 2.55. The Morgan fingerprint density at radius 2 is 1.86 bits per heavy atom. The monoisotopic (exact) mass is 301 g/mol. The van der Waals surface area contributed by atoms with Crippen LogP contribution in [-0.4, -0.2) is 32.7 Å². The Bertz CT molecular complexity index is 585. The van der Waals surface area contributed by atoms with E-state index in [-0.39, 0.29) is 0 Å². The first-order valence-corrected chi connectivity index (χ1v) is 7.71. The number of hydrogen-bond acceptors (Lipinski definition) is 4. The van der Waals surface area contributed by atoms with Gasteiger partial charge in [0.15, 0.2) is 0 Å². The number of methoxy groups -OCH3 is 2. The topological polar surface area (TPSA) is 30.8 Å². The zero-order chi connectivity index (χ0) is 14.9. The number of thioether (sulfide) groups is 1. The Labute approximate surface area is 130 Å². The first-order chi connectivity index (χ1) is 10.3. The number of hydrogen-bond donors (Lipinski definition) is 0. The third-order valence-corrected chi connectivity index (χ3v) is 3.90. The normalized spacial score (nSPS) is 10.8. The fourth-order valence-corrected chi connectivity index (χ4v) is 2.60. The van der Waals surface area contributed by atoms with E-state index in [1.807, 2.05) is 42.6 Å². The fraction of sp³-hybridized carbons (Fsp3) is 0.235. The van der Waals surface area contributed by atoms with E-state index in [0.29, 0.717) is 0 Å². The minimum absolute atomic E-state index is 0.772. The van der Waals surface area contributed by atoms with Crippen molar-refractivity contribution in [3.8, 4) is 11.5 Å². The zero-order valence-corrected chi connectivity index (χ0v) is 13.1. The van der Waals surface area contributed by atoms with Crippen LogP contribution in [0.5, 0.6) is 11.5 Å². The highest BCUT2D eigenvalue weighted by molar-refractivity contribution is 7.99. The van der Waals surface area contributed by atoms with Crippen LogP contribution in [0.15, 0.2) is 58.4 Å². The Morgan fingerprint density at radius 1 is 1.05 bits per heavy atom. The minimum atomic E-state index is 0.772. The van der Waals surface area contributed by atoms with Gasteiger partial charge in [0, 0.05) is 35.0 Å². The van der Waals surface area contributed by atoms with E-state index < -0.39 is 0 Å². The number of nitrogens with zero attached hydrogens (tertiary/aromatic N) is 1. The van der Waals surface area contributed by atoms with E-state index in [4.69, 9.17) is 9.47 Å². The van der Waals surface area contributed by atoms with Gasteiger partial charge in [0.1, 0.15) is 11.5 Å². The molecule has 21 heavy (non-hydrogen) atoms. The standard InChI is InChI=1S/C17H19NO2S/c1-19-15-9-8-14(17(12-15)20-2)13-18-10-11-21-16-6-4-3-5-7-16/h3-9,12-13H,10-11H2,1-2H3. The van der Waals surface area contributed by atoms with Crippen LogP contribution in [0.1, 0.15) is 5.56 Å². The molecule has 0 saturated carbocycles. The molecular weight excluding hydrogens is 282 g/mol. The molecule has 0 fully saturated rings. The van der Waals surface area contributed by atoms with Gasteiger partial charge in [-0.25, -0.2) is 0 Å². The smallest absolute Gasteiger partial charge is 0.131 e. The van der Waals surface area contributed by atoms with Crippen molar-refractivity contribution >= 4 is 18.0 Å². The maximum absolute atomic E-state index is 5.34. The van der Waals surface area contributed by atoms with Crippen molar-refractivity contribution in [2.75, 3.05) is 26.5 Å². The summed E-state index contributed by atoms with van der Waals surface area (Å²) in [5.41, 5.74) is 0.961. The van der Waals surface area contributed by atoms with Gasteiger partial charge in [0.05, 0.1) is 14.2 Å². The summed E-state index contributed by atoms with van der Waals surface area (Å²) in [7, 11) is 3.29. The summed E-state index contributed by atoms with van der Waals surface area (Å²) in [6, 6.07) is 16.1. The summed E-state index contributed by atoms with van der Waals surface area (Å²) in [6.45, 7) is 0.773. The SMILES string of the molecule is COc1ccc(C=NCCSc2ccccc2)c(OC)c1. The number of ether oxygens (including phenoxy) is 2. The molecule has 0 aliphatic carbocycles. The van der Waals surface area contributed by atoms with Crippen LogP contribution in [0.3, 0.4) is 0 Å². The zero-order valence-electron chi connectivity index (χ0n) is 12.3. The van der Waals surface area contributed by atoms with Crippen molar-refractivity contribution in [2.24, 2.45) is 4.99 Å². The predicted molar refractivity (Wildman–Crippen MR) is 89.2 cm³/mol. The Morgan fingerprint density at radius 3 is 2.57 bits per heavy atom. The maximum Gasteiger partial charge on any atom is 0.131 e. The van der Waals surface area contributed by atoms with Gasteiger partial charge in [-0.3, -0.25) is 4.99 Å².